The van der Waals surface area contributed by atoms with E-state index in [1.807, 2.05) is 31.4 Å². The van der Waals surface area contributed by atoms with E-state index in [2.05, 4.69) is 20.3 Å². The summed E-state index contributed by atoms with van der Waals surface area (Å²) in [4.78, 5) is 20.5. The predicted molar refractivity (Wildman–Crippen MR) is 140 cm³/mol. The zero-order valence-corrected chi connectivity index (χ0v) is 22.4. The van der Waals surface area contributed by atoms with Gasteiger partial charge in [0.1, 0.15) is 0 Å². The van der Waals surface area contributed by atoms with Crippen LogP contribution in [0.15, 0.2) is 24.4 Å². The van der Waals surface area contributed by atoms with Crippen molar-refractivity contribution in [3.63, 3.8) is 0 Å². The van der Waals surface area contributed by atoms with E-state index in [0.29, 0.717) is 12.3 Å². The van der Waals surface area contributed by atoms with E-state index in [0.717, 1.165) is 91.6 Å². The number of benzene rings is 1. The fourth-order valence-corrected chi connectivity index (χ4v) is 6.55. The van der Waals surface area contributed by atoms with E-state index in [1.54, 1.807) is 4.68 Å². The first-order valence-electron chi connectivity index (χ1n) is 13.3. The molecule has 1 aliphatic heterocycles. The molecule has 5 rings (SSSR count). The fourth-order valence-electron chi connectivity index (χ4n) is 5.60. The third-order valence-corrected chi connectivity index (χ3v) is 8.68. The number of alkyl halides is 3. The van der Waals surface area contributed by atoms with E-state index >= 15 is 0 Å². The molecule has 0 unspecified atom stereocenters. The Bertz CT molecular complexity index is 1220. The molecule has 0 spiro atoms. The van der Waals surface area contributed by atoms with Crippen molar-refractivity contribution in [2.45, 2.75) is 63.6 Å². The number of halogens is 3. The molecule has 0 saturated heterocycles. The Hall–Kier alpha value is -2.66. The molecule has 11 heteroatoms. The standard InChI is InChI=1S/C27H34F3N5O2S/c1-34-16-21-19(3-2-4-22(21)33-34)15-25(36)31-20-7-5-18(6-8-20)9-12-35-13-10-23-24(11-14-35)38-26(32-23)37-17-27(28,29)30/h2-4,16,18,20H,5-15,17H2,1H3,(H,31,36). The highest BCUT2D eigenvalue weighted by Crippen LogP contribution is 2.31. The lowest BCUT2D eigenvalue weighted by atomic mass is 9.84. The van der Waals surface area contributed by atoms with Crippen LogP contribution in [-0.4, -0.2) is 64.0 Å². The van der Waals surface area contributed by atoms with Crippen molar-refractivity contribution in [3.8, 4) is 5.19 Å². The van der Waals surface area contributed by atoms with Gasteiger partial charge in [0.2, 0.25) is 5.91 Å². The summed E-state index contributed by atoms with van der Waals surface area (Å²) in [6.45, 7) is 1.48. The van der Waals surface area contributed by atoms with Crippen LogP contribution in [0.3, 0.4) is 0 Å². The summed E-state index contributed by atoms with van der Waals surface area (Å²) in [7, 11) is 1.89. The SMILES string of the molecule is Cn1cc2c(CC(=O)NC3CCC(CCN4CCc5nc(OCC(F)(F)F)sc5CC4)CC3)cccc2n1. The minimum absolute atomic E-state index is 0.0717. The van der Waals surface area contributed by atoms with Crippen molar-refractivity contribution in [2.24, 2.45) is 13.0 Å². The Balaban J connectivity index is 1.01. The molecule has 2 aliphatic rings. The van der Waals surface area contributed by atoms with Crippen LogP contribution in [0.5, 0.6) is 5.19 Å². The number of rotatable bonds is 8. The molecule has 7 nitrogen and oxygen atoms in total. The number of amides is 1. The third-order valence-electron chi connectivity index (χ3n) is 7.61. The van der Waals surface area contributed by atoms with Gasteiger partial charge in [-0.05, 0) is 62.6 Å². The lowest BCUT2D eigenvalue weighted by molar-refractivity contribution is -0.153. The number of hydrogen-bond donors (Lipinski definition) is 1. The molecule has 0 radical (unpaired) electrons. The van der Waals surface area contributed by atoms with Gasteiger partial charge in [-0.2, -0.15) is 18.3 Å². The Labute approximate surface area is 224 Å². The van der Waals surface area contributed by atoms with Crippen LogP contribution in [0.25, 0.3) is 10.9 Å². The number of aromatic nitrogens is 3. The van der Waals surface area contributed by atoms with E-state index in [1.165, 1.54) is 11.3 Å². The van der Waals surface area contributed by atoms with Gasteiger partial charge in [-0.3, -0.25) is 9.48 Å². The summed E-state index contributed by atoms with van der Waals surface area (Å²) in [5, 5.41) is 8.83. The molecule has 3 aromatic rings. The molecule has 1 aliphatic carbocycles. The van der Waals surface area contributed by atoms with Crippen molar-refractivity contribution >= 4 is 28.1 Å². The van der Waals surface area contributed by atoms with Crippen molar-refractivity contribution in [3.05, 3.63) is 40.5 Å². The summed E-state index contributed by atoms with van der Waals surface area (Å²) in [6, 6.07) is 6.15. The first-order valence-corrected chi connectivity index (χ1v) is 14.1. The zero-order chi connectivity index (χ0) is 26.7. The van der Waals surface area contributed by atoms with Gasteiger partial charge in [0, 0.05) is 49.1 Å². The number of carbonyl (C=O) groups is 1. The molecule has 38 heavy (non-hydrogen) atoms. The van der Waals surface area contributed by atoms with Crippen LogP contribution >= 0.6 is 11.3 Å². The molecule has 0 bridgehead atoms. The first-order chi connectivity index (χ1) is 18.2. The van der Waals surface area contributed by atoms with Crippen molar-refractivity contribution in [1.82, 2.24) is 25.0 Å². The quantitative estimate of drug-likeness (QED) is 0.442. The molecule has 1 saturated carbocycles. The Kier molecular flexibility index (Phi) is 8.23. The van der Waals surface area contributed by atoms with Crippen LogP contribution in [0.1, 0.15) is 48.2 Å². The van der Waals surface area contributed by atoms with Crippen molar-refractivity contribution in [1.29, 1.82) is 0 Å². The zero-order valence-electron chi connectivity index (χ0n) is 21.6. The highest BCUT2D eigenvalue weighted by molar-refractivity contribution is 7.13. The highest BCUT2D eigenvalue weighted by Gasteiger charge is 2.30. The maximum absolute atomic E-state index is 12.7. The van der Waals surface area contributed by atoms with E-state index < -0.39 is 12.8 Å². The predicted octanol–water partition coefficient (Wildman–Crippen LogP) is 4.68. The second kappa shape index (κ2) is 11.6. The number of aryl methyl sites for hydroxylation is 1. The summed E-state index contributed by atoms with van der Waals surface area (Å²) in [5.41, 5.74) is 2.80. The van der Waals surface area contributed by atoms with Crippen LogP contribution in [-0.2, 0) is 31.1 Å². The second-order valence-electron chi connectivity index (χ2n) is 10.5. The maximum atomic E-state index is 12.7. The lowest BCUT2D eigenvalue weighted by Gasteiger charge is -2.30. The molecule has 0 atom stereocenters. The first kappa shape index (κ1) is 26.9. The average Bonchev–Trinajstić information content (AvgIpc) is 3.40. The van der Waals surface area contributed by atoms with Crippen LogP contribution in [0.4, 0.5) is 13.2 Å². The van der Waals surface area contributed by atoms with Gasteiger partial charge in [0.15, 0.2) is 6.61 Å². The lowest BCUT2D eigenvalue weighted by Crippen LogP contribution is -2.39. The normalized spacial score (nSPS) is 20.7. The molecule has 1 N–H and O–H groups in total. The van der Waals surface area contributed by atoms with Gasteiger partial charge >= 0.3 is 6.18 Å². The van der Waals surface area contributed by atoms with Crippen LogP contribution in [0.2, 0.25) is 0 Å². The number of fused-ring (bicyclic) bond motifs is 2. The molecular weight excluding hydrogens is 515 g/mol. The number of nitrogens with zero attached hydrogens (tertiary/aromatic N) is 4. The Morgan fingerprint density at radius 2 is 1.97 bits per heavy atom. The molecule has 1 amide bonds. The summed E-state index contributed by atoms with van der Waals surface area (Å²) >= 11 is 1.25. The molecule has 1 aromatic carbocycles. The fraction of sp³-hybridized carbons (Fsp3) is 0.593. The minimum Gasteiger partial charge on any atom is -0.460 e. The topological polar surface area (TPSA) is 72.3 Å². The van der Waals surface area contributed by atoms with E-state index in [9.17, 15) is 18.0 Å². The van der Waals surface area contributed by atoms with E-state index in [4.69, 9.17) is 4.74 Å². The Morgan fingerprint density at radius 3 is 2.76 bits per heavy atom. The van der Waals surface area contributed by atoms with Crippen LogP contribution < -0.4 is 10.1 Å². The van der Waals surface area contributed by atoms with Gasteiger partial charge in [-0.1, -0.05) is 23.5 Å². The molecular formula is C27H34F3N5O2S. The monoisotopic (exact) mass is 549 g/mol. The second-order valence-corrected chi connectivity index (χ2v) is 11.5. The number of ether oxygens (including phenoxy) is 1. The number of nitrogens with one attached hydrogen (secondary N) is 1. The maximum Gasteiger partial charge on any atom is 0.422 e. The van der Waals surface area contributed by atoms with Gasteiger partial charge in [0.05, 0.1) is 17.6 Å². The van der Waals surface area contributed by atoms with Crippen LogP contribution in [0, 0.1) is 5.92 Å². The summed E-state index contributed by atoms with van der Waals surface area (Å²) in [6.07, 6.45) is 4.91. The van der Waals surface area contributed by atoms with Gasteiger partial charge < -0.3 is 15.0 Å². The van der Waals surface area contributed by atoms with E-state index in [-0.39, 0.29) is 17.1 Å². The smallest absolute Gasteiger partial charge is 0.422 e. The minimum atomic E-state index is -4.35. The van der Waals surface area contributed by atoms with Gasteiger partial charge in [-0.15, -0.1) is 0 Å². The van der Waals surface area contributed by atoms with Gasteiger partial charge in [-0.25, -0.2) is 4.98 Å². The summed E-state index contributed by atoms with van der Waals surface area (Å²) < 4.78 is 43.8. The van der Waals surface area contributed by atoms with Gasteiger partial charge in [0.25, 0.3) is 5.19 Å². The molecule has 2 aromatic heterocycles. The summed E-state index contributed by atoms with van der Waals surface area (Å²) in [5.74, 6) is 0.729. The number of thiazole rings is 1. The number of carbonyl (C=O) groups excluding carboxylic acids is 1. The molecule has 1 fully saturated rings. The largest absolute Gasteiger partial charge is 0.460 e. The van der Waals surface area contributed by atoms with Crippen molar-refractivity contribution < 1.29 is 22.7 Å². The average molecular weight is 550 g/mol. The molecule has 206 valence electrons. The highest BCUT2D eigenvalue weighted by atomic mass is 32.1. The Morgan fingerprint density at radius 1 is 1.18 bits per heavy atom. The third kappa shape index (κ3) is 7.05. The number of hydrogen-bond acceptors (Lipinski definition) is 6. The van der Waals surface area contributed by atoms with Crippen molar-refractivity contribution in [2.75, 3.05) is 26.2 Å². The molecule has 3 heterocycles.